The first-order chi connectivity index (χ1) is 13.4. The summed E-state index contributed by atoms with van der Waals surface area (Å²) in [6.07, 6.45) is -0.535. The van der Waals surface area contributed by atoms with Gasteiger partial charge in [-0.15, -0.1) is 0 Å². The predicted molar refractivity (Wildman–Crippen MR) is 110 cm³/mol. The lowest BCUT2D eigenvalue weighted by Crippen LogP contribution is -2.12. The average Bonchev–Trinajstić information content (AvgIpc) is 3.19. The number of halogens is 3. The van der Waals surface area contributed by atoms with E-state index in [0.29, 0.717) is 5.76 Å². The molecule has 7 heteroatoms. The lowest BCUT2D eigenvalue weighted by Gasteiger charge is -2.17. The van der Waals surface area contributed by atoms with Crippen LogP contribution in [-0.4, -0.2) is 11.1 Å². The van der Waals surface area contributed by atoms with Crippen molar-refractivity contribution in [2.75, 3.05) is 0 Å². The number of carbonyl (C=O) groups is 1. The second-order valence-electron chi connectivity index (χ2n) is 6.12. The smallest absolute Gasteiger partial charge is 0.361 e. The van der Waals surface area contributed by atoms with E-state index in [2.05, 4.69) is 5.16 Å². The third-order valence-corrected chi connectivity index (χ3v) is 5.04. The van der Waals surface area contributed by atoms with Crippen molar-refractivity contribution in [3.63, 3.8) is 0 Å². The highest BCUT2D eigenvalue weighted by molar-refractivity contribution is 6.59. The Labute approximate surface area is 177 Å². The van der Waals surface area contributed by atoms with Crippen molar-refractivity contribution in [1.82, 2.24) is 5.16 Å². The minimum Gasteiger partial charge on any atom is -0.452 e. The Bertz CT molecular complexity index is 978. The van der Waals surface area contributed by atoms with Gasteiger partial charge in [0.25, 0.3) is 0 Å². The summed E-state index contributed by atoms with van der Waals surface area (Å²) in [7, 11) is 0. The summed E-state index contributed by atoms with van der Waals surface area (Å²) in [6.45, 7) is 1.97. The summed E-state index contributed by atoms with van der Waals surface area (Å²) >= 11 is 17.6. The van der Waals surface area contributed by atoms with Crippen LogP contribution < -0.4 is 0 Å². The summed E-state index contributed by atoms with van der Waals surface area (Å²) in [4.78, 5) is 12.6. The molecule has 0 radical (unpaired) electrons. The summed E-state index contributed by atoms with van der Waals surface area (Å²) < 4.78 is 10.8. The number of esters is 1. The zero-order chi connectivity index (χ0) is 20.1. The molecular weight excluding hydrogens is 421 g/mol. The number of aromatic nitrogens is 1. The maximum absolute atomic E-state index is 12.6. The first kappa shape index (κ1) is 20.5. The van der Waals surface area contributed by atoms with Crippen LogP contribution in [0.1, 0.15) is 34.1 Å². The fraction of sp³-hybridized carbons (Fsp3) is 0.143. The van der Waals surface area contributed by atoms with Crippen molar-refractivity contribution >= 4 is 40.8 Å². The second kappa shape index (κ2) is 9.28. The fourth-order valence-electron chi connectivity index (χ4n) is 2.55. The van der Waals surface area contributed by atoms with Crippen molar-refractivity contribution in [1.29, 1.82) is 0 Å². The van der Waals surface area contributed by atoms with Crippen molar-refractivity contribution < 1.29 is 14.1 Å². The highest BCUT2D eigenvalue weighted by Gasteiger charge is 2.23. The zero-order valence-electron chi connectivity index (χ0n) is 14.9. The van der Waals surface area contributed by atoms with Gasteiger partial charge in [-0.25, -0.2) is 4.79 Å². The van der Waals surface area contributed by atoms with Gasteiger partial charge in [-0.1, -0.05) is 100 Å². The molecule has 0 saturated heterocycles. The summed E-state index contributed by atoms with van der Waals surface area (Å²) in [5, 5.41) is 4.02. The summed E-state index contributed by atoms with van der Waals surface area (Å²) in [5.41, 5.74) is 2.71. The number of hydrogen-bond acceptors (Lipinski definition) is 4. The van der Waals surface area contributed by atoms with Crippen LogP contribution in [0.2, 0.25) is 0 Å². The molecule has 0 spiro atoms. The summed E-state index contributed by atoms with van der Waals surface area (Å²) in [5.74, 6) is -0.159. The maximum Gasteiger partial charge on any atom is 0.361 e. The van der Waals surface area contributed by atoms with Gasteiger partial charge >= 0.3 is 5.97 Å². The van der Waals surface area contributed by atoms with E-state index < -0.39 is 12.1 Å². The molecular formula is C21H16Cl3NO3. The van der Waals surface area contributed by atoms with Gasteiger partial charge in [0, 0.05) is 18.1 Å². The van der Waals surface area contributed by atoms with Gasteiger partial charge in [-0.2, -0.15) is 0 Å². The van der Waals surface area contributed by atoms with Gasteiger partial charge in [0.05, 0.1) is 5.03 Å². The van der Waals surface area contributed by atoms with E-state index in [9.17, 15) is 4.79 Å². The molecule has 0 aliphatic heterocycles. The Kier molecular flexibility index (Phi) is 6.79. The van der Waals surface area contributed by atoms with Gasteiger partial charge in [0.1, 0.15) is 10.6 Å². The van der Waals surface area contributed by atoms with Crippen molar-refractivity contribution in [2.24, 2.45) is 0 Å². The first-order valence-electron chi connectivity index (χ1n) is 8.43. The zero-order valence-corrected chi connectivity index (χ0v) is 17.1. The maximum atomic E-state index is 12.6. The number of benzene rings is 2. The van der Waals surface area contributed by atoms with Crippen LogP contribution in [0, 0.1) is 6.92 Å². The lowest BCUT2D eigenvalue weighted by atomic mass is 10.0. The molecule has 0 N–H and O–H groups in total. The molecule has 0 fully saturated rings. The molecule has 4 nitrogen and oxygen atoms in total. The van der Waals surface area contributed by atoms with Crippen LogP contribution in [0.15, 0.2) is 74.7 Å². The molecule has 0 aliphatic carbocycles. The largest absolute Gasteiger partial charge is 0.452 e. The highest BCUT2D eigenvalue weighted by atomic mass is 35.5. The third-order valence-electron chi connectivity index (χ3n) is 4.05. The molecule has 2 aromatic carbocycles. The molecule has 0 bridgehead atoms. The molecule has 28 heavy (non-hydrogen) atoms. The van der Waals surface area contributed by atoms with E-state index in [1.165, 1.54) is 6.07 Å². The van der Waals surface area contributed by atoms with E-state index in [-0.39, 0.29) is 21.6 Å². The van der Waals surface area contributed by atoms with Gasteiger partial charge in [0.15, 0.2) is 11.5 Å². The van der Waals surface area contributed by atoms with E-state index >= 15 is 0 Å². The van der Waals surface area contributed by atoms with E-state index in [1.807, 2.05) is 61.5 Å². The van der Waals surface area contributed by atoms with Crippen molar-refractivity contribution in [3.8, 4) is 11.3 Å². The molecule has 0 saturated carbocycles. The van der Waals surface area contributed by atoms with Gasteiger partial charge in [0.2, 0.25) is 0 Å². The second-order valence-corrected chi connectivity index (χ2v) is 7.52. The molecule has 144 valence electrons. The van der Waals surface area contributed by atoms with Gasteiger partial charge < -0.3 is 9.26 Å². The Hall–Kier alpha value is -2.27. The Morgan fingerprint density at radius 2 is 1.75 bits per heavy atom. The van der Waals surface area contributed by atoms with Crippen LogP contribution in [-0.2, 0) is 4.74 Å². The molecule has 1 atom stereocenters. The lowest BCUT2D eigenvalue weighted by molar-refractivity contribution is 0.0289. The molecule has 0 amide bonds. The van der Waals surface area contributed by atoms with Crippen LogP contribution in [0.25, 0.3) is 11.3 Å². The van der Waals surface area contributed by atoms with Crippen LogP contribution in [0.3, 0.4) is 0 Å². The third kappa shape index (κ3) is 5.16. The minimum absolute atomic E-state index is 0.0630. The molecule has 3 rings (SSSR count). The first-order valence-corrected chi connectivity index (χ1v) is 9.56. The Morgan fingerprint density at radius 1 is 1.07 bits per heavy atom. The topological polar surface area (TPSA) is 52.3 Å². The van der Waals surface area contributed by atoms with Crippen LogP contribution in [0.5, 0.6) is 0 Å². The number of rotatable bonds is 6. The molecule has 1 heterocycles. The number of hydrogen-bond donors (Lipinski definition) is 0. The number of carbonyl (C=O) groups excluding carboxylic acids is 1. The van der Waals surface area contributed by atoms with Crippen molar-refractivity contribution in [2.45, 2.75) is 19.4 Å². The van der Waals surface area contributed by atoms with Crippen LogP contribution in [0.4, 0.5) is 0 Å². The summed E-state index contributed by atoms with van der Waals surface area (Å²) in [6, 6.07) is 18.4. The average molecular weight is 437 g/mol. The quantitative estimate of drug-likeness (QED) is 0.398. The van der Waals surface area contributed by atoms with Gasteiger partial charge in [-0.3, -0.25) is 0 Å². The fourth-order valence-corrected chi connectivity index (χ4v) is 2.84. The number of nitrogens with zero attached hydrogens (tertiary/aromatic N) is 1. The standard InChI is InChI=1S/C21H16Cl3NO3/c1-13-7-9-15(10-8-13)18(11-16(22)20(23)24)27-21(26)17-12-19(28-25-17)14-5-3-2-4-6-14/h2-10,12,18H,11H2,1H3. The van der Waals surface area contributed by atoms with Gasteiger partial charge in [-0.05, 0) is 12.5 Å². The van der Waals surface area contributed by atoms with Crippen LogP contribution >= 0.6 is 34.8 Å². The number of aryl methyl sites for hydroxylation is 1. The predicted octanol–water partition coefficient (Wildman–Crippen LogP) is 6.82. The Balaban J connectivity index is 1.82. The normalized spacial score (nSPS) is 11.7. The monoisotopic (exact) mass is 435 g/mol. The number of ether oxygens (including phenoxy) is 1. The SMILES string of the molecule is Cc1ccc(C(CC(Cl)=C(Cl)Cl)OC(=O)c2cc(-c3ccccc3)on2)cc1. The highest BCUT2D eigenvalue weighted by Crippen LogP contribution is 2.32. The molecule has 3 aromatic rings. The Morgan fingerprint density at radius 3 is 2.39 bits per heavy atom. The molecule has 1 unspecified atom stereocenters. The molecule has 0 aliphatic rings. The minimum atomic E-state index is -0.676. The van der Waals surface area contributed by atoms with Crippen molar-refractivity contribution in [3.05, 3.63) is 87.0 Å². The van der Waals surface area contributed by atoms with E-state index in [4.69, 9.17) is 44.1 Å². The van der Waals surface area contributed by atoms with E-state index in [1.54, 1.807) is 0 Å². The van der Waals surface area contributed by atoms with E-state index in [0.717, 1.165) is 16.7 Å². The molecule has 1 aromatic heterocycles.